The Bertz CT molecular complexity index is 842. The molecule has 106 valence electrons. The molecule has 0 spiro atoms. The number of fused-ring (bicyclic) bond motifs is 1. The van der Waals surface area contributed by atoms with Crippen LogP contribution in [0, 0.1) is 0 Å². The molecule has 0 N–H and O–H groups in total. The number of hydrogen-bond acceptors (Lipinski definition) is 3. The summed E-state index contributed by atoms with van der Waals surface area (Å²) >= 11 is 12.1. The highest BCUT2D eigenvalue weighted by Gasteiger charge is 2.16. The van der Waals surface area contributed by atoms with E-state index < -0.39 is 0 Å². The third kappa shape index (κ3) is 2.64. The number of aromatic nitrogens is 3. The van der Waals surface area contributed by atoms with Crippen LogP contribution in [0.2, 0.25) is 10.0 Å². The first-order chi connectivity index (χ1) is 10.1. The Morgan fingerprint density at radius 2 is 2.10 bits per heavy atom. The number of carbonyl (C=O) groups is 1. The van der Waals surface area contributed by atoms with Gasteiger partial charge in [0.25, 0.3) is 0 Å². The molecule has 0 saturated heterocycles. The SMILES string of the molecule is CC(=O)c1nc2cccnc2n1Cc1ccc(Cl)cc1Cl. The van der Waals surface area contributed by atoms with Gasteiger partial charge in [0.05, 0.1) is 6.54 Å². The molecule has 1 aromatic carbocycles. The van der Waals surface area contributed by atoms with Crippen LogP contribution < -0.4 is 0 Å². The van der Waals surface area contributed by atoms with Crippen molar-refractivity contribution in [3.8, 4) is 0 Å². The Labute approximate surface area is 131 Å². The van der Waals surface area contributed by atoms with Gasteiger partial charge < -0.3 is 4.57 Å². The van der Waals surface area contributed by atoms with Gasteiger partial charge in [0, 0.05) is 23.2 Å². The van der Waals surface area contributed by atoms with Gasteiger partial charge in [-0.15, -0.1) is 0 Å². The minimum absolute atomic E-state index is 0.113. The zero-order valence-electron chi connectivity index (χ0n) is 11.2. The molecule has 0 amide bonds. The van der Waals surface area contributed by atoms with E-state index in [1.165, 1.54) is 6.92 Å². The summed E-state index contributed by atoms with van der Waals surface area (Å²) in [6, 6.07) is 8.90. The largest absolute Gasteiger partial charge is 0.302 e. The molecule has 21 heavy (non-hydrogen) atoms. The van der Waals surface area contributed by atoms with Gasteiger partial charge in [0.1, 0.15) is 5.52 Å². The molecule has 6 heteroatoms. The Balaban J connectivity index is 2.14. The van der Waals surface area contributed by atoms with Crippen molar-refractivity contribution in [2.45, 2.75) is 13.5 Å². The van der Waals surface area contributed by atoms with Crippen molar-refractivity contribution < 1.29 is 4.79 Å². The van der Waals surface area contributed by atoms with E-state index in [1.54, 1.807) is 29.0 Å². The van der Waals surface area contributed by atoms with E-state index in [0.717, 1.165) is 5.56 Å². The lowest BCUT2D eigenvalue weighted by molar-refractivity contribution is 0.100. The second-order valence-electron chi connectivity index (χ2n) is 4.66. The molecular weight excluding hydrogens is 309 g/mol. The summed E-state index contributed by atoms with van der Waals surface area (Å²) in [5, 5.41) is 1.12. The molecule has 0 saturated carbocycles. The summed E-state index contributed by atoms with van der Waals surface area (Å²) in [5.74, 6) is 0.257. The quantitative estimate of drug-likeness (QED) is 0.686. The van der Waals surface area contributed by atoms with Crippen LogP contribution in [0.4, 0.5) is 0 Å². The van der Waals surface area contributed by atoms with Crippen LogP contribution in [0.15, 0.2) is 36.5 Å². The number of halogens is 2. The van der Waals surface area contributed by atoms with Crippen molar-refractivity contribution in [3.05, 3.63) is 58.0 Å². The standard InChI is InChI=1S/C15H11Cl2N3O/c1-9(21)14-19-13-3-2-6-18-15(13)20(14)8-10-4-5-11(16)7-12(10)17/h2-7H,8H2,1H3. The van der Waals surface area contributed by atoms with Crippen LogP contribution in [0.3, 0.4) is 0 Å². The predicted octanol–water partition coefficient (Wildman–Crippen LogP) is 3.99. The topological polar surface area (TPSA) is 47.8 Å². The molecular formula is C15H11Cl2N3O. The maximum Gasteiger partial charge on any atom is 0.195 e. The average molecular weight is 320 g/mol. The second kappa shape index (κ2) is 5.47. The Kier molecular flexibility index (Phi) is 3.66. The monoisotopic (exact) mass is 319 g/mol. The Morgan fingerprint density at radius 3 is 2.81 bits per heavy atom. The number of pyridine rings is 1. The van der Waals surface area contributed by atoms with Crippen LogP contribution in [0.25, 0.3) is 11.2 Å². The fourth-order valence-corrected chi connectivity index (χ4v) is 2.67. The number of imidazole rings is 1. The van der Waals surface area contributed by atoms with Gasteiger partial charge in [0.15, 0.2) is 17.3 Å². The van der Waals surface area contributed by atoms with Gasteiger partial charge in [0.2, 0.25) is 0 Å². The second-order valence-corrected chi connectivity index (χ2v) is 5.50. The van der Waals surface area contributed by atoms with E-state index in [2.05, 4.69) is 9.97 Å². The lowest BCUT2D eigenvalue weighted by Crippen LogP contribution is -2.09. The molecule has 0 radical (unpaired) electrons. The van der Waals surface area contributed by atoms with Gasteiger partial charge in [-0.1, -0.05) is 29.3 Å². The molecule has 0 bridgehead atoms. The summed E-state index contributed by atoms with van der Waals surface area (Å²) < 4.78 is 1.77. The van der Waals surface area contributed by atoms with Gasteiger partial charge in [-0.3, -0.25) is 4.79 Å². The van der Waals surface area contributed by atoms with E-state index >= 15 is 0 Å². The minimum atomic E-state index is -0.113. The first-order valence-corrected chi connectivity index (χ1v) is 7.08. The summed E-state index contributed by atoms with van der Waals surface area (Å²) in [4.78, 5) is 20.4. The maximum absolute atomic E-state index is 11.8. The predicted molar refractivity (Wildman–Crippen MR) is 83.1 cm³/mol. The number of nitrogens with zero attached hydrogens (tertiary/aromatic N) is 3. The highest BCUT2D eigenvalue weighted by atomic mass is 35.5. The lowest BCUT2D eigenvalue weighted by Gasteiger charge is -2.09. The molecule has 0 unspecified atom stereocenters. The van der Waals surface area contributed by atoms with E-state index in [9.17, 15) is 4.79 Å². The normalized spacial score (nSPS) is 11.0. The molecule has 0 aliphatic rings. The summed E-state index contributed by atoms with van der Waals surface area (Å²) in [6.45, 7) is 1.90. The Morgan fingerprint density at radius 1 is 1.29 bits per heavy atom. The van der Waals surface area contributed by atoms with Crippen LogP contribution in [-0.2, 0) is 6.54 Å². The van der Waals surface area contributed by atoms with Gasteiger partial charge in [-0.05, 0) is 29.8 Å². The lowest BCUT2D eigenvalue weighted by atomic mass is 10.2. The number of Topliss-reactive ketones (excluding diaryl/α,β-unsaturated/α-hetero) is 1. The van der Waals surface area contributed by atoms with Crippen molar-refractivity contribution >= 4 is 40.1 Å². The van der Waals surface area contributed by atoms with E-state index in [1.807, 2.05) is 12.1 Å². The van der Waals surface area contributed by atoms with Crippen molar-refractivity contribution in [1.29, 1.82) is 0 Å². The molecule has 2 aromatic heterocycles. The highest BCUT2D eigenvalue weighted by molar-refractivity contribution is 6.35. The van der Waals surface area contributed by atoms with Gasteiger partial charge in [-0.25, -0.2) is 9.97 Å². The molecule has 2 heterocycles. The van der Waals surface area contributed by atoms with Crippen LogP contribution in [0.1, 0.15) is 23.1 Å². The number of rotatable bonds is 3. The molecule has 3 rings (SSSR count). The van der Waals surface area contributed by atoms with E-state index in [0.29, 0.717) is 33.6 Å². The summed E-state index contributed by atoms with van der Waals surface area (Å²) in [5.41, 5.74) is 2.20. The Hall–Kier alpha value is -1.91. The van der Waals surface area contributed by atoms with E-state index in [4.69, 9.17) is 23.2 Å². The van der Waals surface area contributed by atoms with Crippen molar-refractivity contribution in [2.75, 3.05) is 0 Å². The number of hydrogen-bond donors (Lipinski definition) is 0. The molecule has 0 fully saturated rings. The summed E-state index contributed by atoms with van der Waals surface area (Å²) in [7, 11) is 0. The van der Waals surface area contributed by atoms with Crippen molar-refractivity contribution in [3.63, 3.8) is 0 Å². The number of ketones is 1. The highest BCUT2D eigenvalue weighted by Crippen LogP contribution is 2.24. The van der Waals surface area contributed by atoms with E-state index in [-0.39, 0.29) is 5.78 Å². The molecule has 0 aliphatic heterocycles. The smallest absolute Gasteiger partial charge is 0.195 e. The molecule has 0 atom stereocenters. The molecule has 4 nitrogen and oxygen atoms in total. The third-order valence-electron chi connectivity index (χ3n) is 3.16. The summed E-state index contributed by atoms with van der Waals surface area (Å²) in [6.07, 6.45) is 1.67. The van der Waals surface area contributed by atoms with Crippen LogP contribution in [0.5, 0.6) is 0 Å². The first kappa shape index (κ1) is 14.0. The van der Waals surface area contributed by atoms with Crippen molar-refractivity contribution in [2.24, 2.45) is 0 Å². The number of carbonyl (C=O) groups excluding carboxylic acids is 1. The zero-order valence-corrected chi connectivity index (χ0v) is 12.7. The van der Waals surface area contributed by atoms with Crippen molar-refractivity contribution in [1.82, 2.24) is 14.5 Å². The van der Waals surface area contributed by atoms with Gasteiger partial charge >= 0.3 is 0 Å². The molecule has 0 aliphatic carbocycles. The third-order valence-corrected chi connectivity index (χ3v) is 3.75. The zero-order chi connectivity index (χ0) is 15.0. The van der Waals surface area contributed by atoms with Crippen LogP contribution >= 0.6 is 23.2 Å². The minimum Gasteiger partial charge on any atom is -0.302 e. The average Bonchev–Trinajstić information content (AvgIpc) is 2.81. The van der Waals surface area contributed by atoms with Crippen LogP contribution in [-0.4, -0.2) is 20.3 Å². The van der Waals surface area contributed by atoms with Gasteiger partial charge in [-0.2, -0.15) is 0 Å². The maximum atomic E-state index is 11.8. The fourth-order valence-electron chi connectivity index (χ4n) is 2.20. The fraction of sp³-hybridized carbons (Fsp3) is 0.133. The molecule has 3 aromatic rings. The first-order valence-electron chi connectivity index (χ1n) is 6.32. The number of benzene rings is 1.